The standard InChI is InChI=1S/C14H28N2O/c1-4-11-10-17-9-8-16(11)12-6-5-7-14(2,3)13(12)15/h11-13H,4-10,15H2,1-3H3. The van der Waals surface area contributed by atoms with Gasteiger partial charge in [-0.1, -0.05) is 27.2 Å². The Hall–Kier alpha value is -0.120. The molecule has 3 heteroatoms. The van der Waals surface area contributed by atoms with Crippen LogP contribution in [0, 0.1) is 5.41 Å². The number of hydrogen-bond donors (Lipinski definition) is 1. The first kappa shape index (κ1) is 13.3. The maximum absolute atomic E-state index is 6.52. The second-order valence-electron chi connectivity index (χ2n) is 6.35. The van der Waals surface area contributed by atoms with Crippen molar-refractivity contribution < 1.29 is 4.74 Å². The Morgan fingerprint density at radius 3 is 2.88 bits per heavy atom. The van der Waals surface area contributed by atoms with Crippen molar-refractivity contribution >= 4 is 0 Å². The summed E-state index contributed by atoms with van der Waals surface area (Å²) in [5, 5.41) is 0. The first-order valence-corrected chi connectivity index (χ1v) is 7.15. The molecule has 1 heterocycles. The van der Waals surface area contributed by atoms with E-state index in [1.54, 1.807) is 0 Å². The molecule has 2 fully saturated rings. The Morgan fingerprint density at radius 1 is 1.41 bits per heavy atom. The molecule has 0 aromatic heterocycles. The van der Waals surface area contributed by atoms with Crippen LogP contribution >= 0.6 is 0 Å². The molecule has 1 saturated heterocycles. The summed E-state index contributed by atoms with van der Waals surface area (Å²) < 4.78 is 5.60. The Balaban J connectivity index is 2.09. The molecule has 1 aliphatic carbocycles. The number of ether oxygens (including phenoxy) is 1. The van der Waals surface area contributed by atoms with Crippen LogP contribution in [0.2, 0.25) is 0 Å². The van der Waals surface area contributed by atoms with E-state index in [4.69, 9.17) is 10.5 Å². The summed E-state index contributed by atoms with van der Waals surface area (Å²) in [4.78, 5) is 2.63. The number of rotatable bonds is 2. The molecule has 0 bridgehead atoms. The molecule has 0 radical (unpaired) electrons. The zero-order valence-corrected chi connectivity index (χ0v) is 11.6. The Labute approximate surface area is 106 Å². The number of morpholine rings is 1. The molecule has 1 saturated carbocycles. The molecule has 3 atom stereocenters. The minimum absolute atomic E-state index is 0.291. The third kappa shape index (κ3) is 2.67. The molecule has 3 unspecified atom stereocenters. The van der Waals surface area contributed by atoms with E-state index in [2.05, 4.69) is 25.7 Å². The van der Waals surface area contributed by atoms with E-state index in [1.165, 1.54) is 25.7 Å². The molecule has 2 aliphatic rings. The topological polar surface area (TPSA) is 38.5 Å². The van der Waals surface area contributed by atoms with E-state index in [0.29, 0.717) is 23.5 Å². The van der Waals surface area contributed by atoms with Gasteiger partial charge in [-0.05, 0) is 24.7 Å². The molecule has 2 N–H and O–H groups in total. The van der Waals surface area contributed by atoms with Gasteiger partial charge in [0.1, 0.15) is 0 Å². The fourth-order valence-electron chi connectivity index (χ4n) is 3.46. The third-order valence-electron chi connectivity index (χ3n) is 4.81. The minimum Gasteiger partial charge on any atom is -0.378 e. The van der Waals surface area contributed by atoms with E-state index < -0.39 is 0 Å². The van der Waals surface area contributed by atoms with E-state index in [9.17, 15) is 0 Å². The molecule has 100 valence electrons. The van der Waals surface area contributed by atoms with E-state index >= 15 is 0 Å². The Morgan fingerprint density at radius 2 is 2.18 bits per heavy atom. The zero-order chi connectivity index (χ0) is 12.5. The van der Waals surface area contributed by atoms with Gasteiger partial charge in [0.15, 0.2) is 0 Å². The number of hydrogen-bond acceptors (Lipinski definition) is 3. The van der Waals surface area contributed by atoms with Crippen LogP contribution in [0.25, 0.3) is 0 Å². The van der Waals surface area contributed by atoms with Crippen molar-refractivity contribution in [3.05, 3.63) is 0 Å². The number of nitrogens with zero attached hydrogens (tertiary/aromatic N) is 1. The van der Waals surface area contributed by atoms with E-state index in [-0.39, 0.29) is 0 Å². The highest BCUT2D eigenvalue weighted by molar-refractivity contribution is 4.98. The maximum atomic E-state index is 6.52. The summed E-state index contributed by atoms with van der Waals surface area (Å²) in [7, 11) is 0. The fraction of sp³-hybridized carbons (Fsp3) is 1.00. The second-order valence-corrected chi connectivity index (χ2v) is 6.35. The van der Waals surface area contributed by atoms with Crippen molar-refractivity contribution in [2.24, 2.45) is 11.1 Å². The average molecular weight is 240 g/mol. The molecule has 1 aliphatic heterocycles. The maximum Gasteiger partial charge on any atom is 0.0622 e. The summed E-state index contributed by atoms with van der Waals surface area (Å²) >= 11 is 0. The largest absolute Gasteiger partial charge is 0.378 e. The van der Waals surface area contributed by atoms with Gasteiger partial charge < -0.3 is 10.5 Å². The molecule has 0 aromatic rings. The Bertz CT molecular complexity index is 255. The van der Waals surface area contributed by atoms with E-state index in [1.807, 2.05) is 0 Å². The smallest absolute Gasteiger partial charge is 0.0622 e. The molecule has 0 aromatic carbocycles. The van der Waals surface area contributed by atoms with Gasteiger partial charge in [0.2, 0.25) is 0 Å². The van der Waals surface area contributed by atoms with Crippen LogP contribution < -0.4 is 5.73 Å². The van der Waals surface area contributed by atoms with Gasteiger partial charge in [-0.2, -0.15) is 0 Å². The van der Waals surface area contributed by atoms with Crippen LogP contribution in [0.1, 0.15) is 46.5 Å². The highest BCUT2D eigenvalue weighted by Gasteiger charge is 2.41. The van der Waals surface area contributed by atoms with Crippen molar-refractivity contribution in [2.45, 2.75) is 64.6 Å². The first-order chi connectivity index (χ1) is 8.06. The van der Waals surface area contributed by atoms with Crippen molar-refractivity contribution in [1.29, 1.82) is 0 Å². The quantitative estimate of drug-likeness (QED) is 0.802. The van der Waals surface area contributed by atoms with Crippen molar-refractivity contribution in [1.82, 2.24) is 4.90 Å². The highest BCUT2D eigenvalue weighted by Crippen LogP contribution is 2.37. The molecular formula is C14H28N2O. The molecule has 2 rings (SSSR count). The van der Waals surface area contributed by atoms with Crippen molar-refractivity contribution in [2.75, 3.05) is 19.8 Å². The van der Waals surface area contributed by atoms with Gasteiger partial charge in [0, 0.05) is 24.7 Å². The monoisotopic (exact) mass is 240 g/mol. The predicted molar refractivity (Wildman–Crippen MR) is 71.0 cm³/mol. The van der Waals surface area contributed by atoms with Gasteiger partial charge in [0.25, 0.3) is 0 Å². The average Bonchev–Trinajstić information content (AvgIpc) is 2.33. The Kier molecular flexibility index (Phi) is 4.11. The minimum atomic E-state index is 0.291. The summed E-state index contributed by atoms with van der Waals surface area (Å²) in [5.74, 6) is 0. The van der Waals surface area contributed by atoms with Crippen molar-refractivity contribution in [3.63, 3.8) is 0 Å². The molecule has 17 heavy (non-hydrogen) atoms. The number of nitrogens with two attached hydrogens (primary N) is 1. The second kappa shape index (κ2) is 5.25. The SMILES string of the molecule is CCC1COCCN1C1CCCC(C)(C)C1N. The van der Waals surface area contributed by atoms with Crippen LogP contribution in [0.15, 0.2) is 0 Å². The first-order valence-electron chi connectivity index (χ1n) is 7.15. The molecule has 3 nitrogen and oxygen atoms in total. The van der Waals surface area contributed by atoms with Crippen LogP contribution in [-0.4, -0.2) is 42.8 Å². The molecule has 0 spiro atoms. The van der Waals surface area contributed by atoms with Gasteiger partial charge in [-0.15, -0.1) is 0 Å². The highest BCUT2D eigenvalue weighted by atomic mass is 16.5. The van der Waals surface area contributed by atoms with Crippen LogP contribution in [0.5, 0.6) is 0 Å². The summed E-state index contributed by atoms with van der Waals surface area (Å²) in [6.45, 7) is 9.73. The lowest BCUT2D eigenvalue weighted by atomic mass is 9.70. The van der Waals surface area contributed by atoms with Gasteiger partial charge in [-0.3, -0.25) is 4.90 Å². The fourth-order valence-corrected chi connectivity index (χ4v) is 3.46. The van der Waals surface area contributed by atoms with Crippen LogP contribution in [-0.2, 0) is 4.74 Å². The van der Waals surface area contributed by atoms with Crippen LogP contribution in [0.4, 0.5) is 0 Å². The zero-order valence-electron chi connectivity index (χ0n) is 11.6. The van der Waals surface area contributed by atoms with Crippen LogP contribution in [0.3, 0.4) is 0 Å². The normalized spacial score (nSPS) is 39.2. The van der Waals surface area contributed by atoms with Crippen molar-refractivity contribution in [3.8, 4) is 0 Å². The van der Waals surface area contributed by atoms with E-state index in [0.717, 1.165) is 19.8 Å². The molecule has 0 amide bonds. The summed E-state index contributed by atoms with van der Waals surface area (Å²) in [6.07, 6.45) is 5.02. The van der Waals surface area contributed by atoms with Gasteiger partial charge in [0.05, 0.1) is 13.2 Å². The van der Waals surface area contributed by atoms with Gasteiger partial charge >= 0.3 is 0 Å². The summed E-state index contributed by atoms with van der Waals surface area (Å²) in [5.41, 5.74) is 6.81. The third-order valence-corrected chi connectivity index (χ3v) is 4.81. The lowest BCUT2D eigenvalue weighted by Crippen LogP contribution is -2.61. The lowest BCUT2D eigenvalue weighted by molar-refractivity contribution is -0.0547. The predicted octanol–water partition coefficient (Wildman–Crippen LogP) is 2.00. The van der Waals surface area contributed by atoms with Gasteiger partial charge in [-0.25, -0.2) is 0 Å². The lowest BCUT2D eigenvalue weighted by Gasteiger charge is -2.50. The molecular weight excluding hydrogens is 212 g/mol. The summed E-state index contributed by atoms with van der Waals surface area (Å²) in [6, 6.07) is 1.45.